The van der Waals surface area contributed by atoms with Gasteiger partial charge in [-0.25, -0.2) is 0 Å². The predicted molar refractivity (Wildman–Crippen MR) is 86.5 cm³/mol. The molecule has 1 rings (SSSR count). The van der Waals surface area contributed by atoms with E-state index in [2.05, 4.69) is 21.2 Å². The van der Waals surface area contributed by atoms with Crippen LogP contribution in [-0.2, 0) is 4.79 Å². The van der Waals surface area contributed by atoms with Gasteiger partial charge in [0, 0.05) is 17.4 Å². The summed E-state index contributed by atoms with van der Waals surface area (Å²) in [5, 5.41) is 11.6. The summed E-state index contributed by atoms with van der Waals surface area (Å²) >= 11 is 3.38. The summed E-state index contributed by atoms with van der Waals surface area (Å²) in [6, 6.07) is 5.66. The first kappa shape index (κ1) is 17.7. The molecule has 0 spiro atoms. The fraction of sp³-hybridized carbons (Fsp3) is 0.500. The van der Waals surface area contributed by atoms with Gasteiger partial charge < -0.3 is 10.4 Å². The average molecular weight is 356 g/mol. The second-order valence-corrected chi connectivity index (χ2v) is 6.09. The summed E-state index contributed by atoms with van der Waals surface area (Å²) in [4.78, 5) is 22.7. The van der Waals surface area contributed by atoms with Gasteiger partial charge in [0.1, 0.15) is 0 Å². The Hall–Kier alpha value is -1.36. The number of carbonyl (C=O) groups excluding carboxylic acids is 1. The van der Waals surface area contributed by atoms with E-state index >= 15 is 0 Å². The maximum absolute atomic E-state index is 12.1. The van der Waals surface area contributed by atoms with Gasteiger partial charge in [-0.2, -0.15) is 0 Å². The van der Waals surface area contributed by atoms with Crippen LogP contribution in [-0.4, -0.2) is 23.5 Å². The molecule has 2 N–H and O–H groups in total. The molecule has 0 fully saturated rings. The number of hydrogen-bond donors (Lipinski definition) is 2. The van der Waals surface area contributed by atoms with Gasteiger partial charge >= 0.3 is 5.97 Å². The summed E-state index contributed by atoms with van der Waals surface area (Å²) in [6.07, 6.45) is 2.59. The second kappa shape index (κ2) is 8.82. The monoisotopic (exact) mass is 355 g/mol. The number of halogens is 1. The molecule has 1 aromatic carbocycles. The molecular formula is C16H22BrNO3. The molecule has 1 atom stereocenters. The molecule has 0 saturated carbocycles. The minimum atomic E-state index is -0.763. The first-order chi connectivity index (χ1) is 9.93. The third kappa shape index (κ3) is 6.29. The van der Waals surface area contributed by atoms with Crippen LogP contribution in [0.5, 0.6) is 0 Å². The number of rotatable bonds is 8. The number of benzene rings is 1. The molecule has 1 amide bonds. The number of carbonyl (C=O) groups is 2. The van der Waals surface area contributed by atoms with Gasteiger partial charge in [-0.15, -0.1) is 0 Å². The standard InChI is InChI=1S/C16H22BrNO3/c1-3-12(5-7-15(19)20)8-9-18-16(21)13-10-11(2)4-6-14(13)17/h4,6,10,12H,3,5,7-9H2,1-2H3,(H,18,21)(H,19,20). The van der Waals surface area contributed by atoms with Crippen molar-refractivity contribution in [3.05, 3.63) is 33.8 Å². The molecule has 21 heavy (non-hydrogen) atoms. The average Bonchev–Trinajstić information content (AvgIpc) is 2.44. The molecule has 1 unspecified atom stereocenters. The van der Waals surface area contributed by atoms with E-state index < -0.39 is 5.97 Å². The number of hydrogen-bond acceptors (Lipinski definition) is 2. The summed E-state index contributed by atoms with van der Waals surface area (Å²) in [6.45, 7) is 4.56. The Morgan fingerprint density at radius 1 is 1.33 bits per heavy atom. The number of aryl methyl sites for hydroxylation is 1. The third-order valence-corrected chi connectivity index (χ3v) is 4.24. The Morgan fingerprint density at radius 2 is 2.05 bits per heavy atom. The summed E-state index contributed by atoms with van der Waals surface area (Å²) in [5.74, 6) is -0.526. The molecule has 0 heterocycles. The fourth-order valence-corrected chi connectivity index (χ4v) is 2.61. The molecule has 0 radical (unpaired) electrons. The van der Waals surface area contributed by atoms with Crippen LogP contribution in [0.3, 0.4) is 0 Å². The molecular weight excluding hydrogens is 334 g/mol. The van der Waals surface area contributed by atoms with Crippen LogP contribution in [0.25, 0.3) is 0 Å². The van der Waals surface area contributed by atoms with Gasteiger partial charge in [-0.1, -0.05) is 25.0 Å². The molecule has 0 aliphatic heterocycles. The minimum Gasteiger partial charge on any atom is -0.481 e. The highest BCUT2D eigenvalue weighted by atomic mass is 79.9. The molecule has 0 aromatic heterocycles. The Morgan fingerprint density at radius 3 is 2.67 bits per heavy atom. The second-order valence-electron chi connectivity index (χ2n) is 5.23. The van der Waals surface area contributed by atoms with Crippen molar-refractivity contribution in [2.75, 3.05) is 6.54 Å². The molecule has 5 heteroatoms. The van der Waals surface area contributed by atoms with E-state index in [4.69, 9.17) is 5.11 Å². The van der Waals surface area contributed by atoms with Gasteiger partial charge in [0.05, 0.1) is 5.56 Å². The highest BCUT2D eigenvalue weighted by molar-refractivity contribution is 9.10. The van der Waals surface area contributed by atoms with Crippen LogP contribution < -0.4 is 5.32 Å². The first-order valence-corrected chi connectivity index (χ1v) is 7.99. The van der Waals surface area contributed by atoms with Gasteiger partial charge in [0.15, 0.2) is 0 Å². The number of carboxylic acids is 1. The minimum absolute atomic E-state index is 0.0985. The highest BCUT2D eigenvalue weighted by Gasteiger charge is 2.12. The van der Waals surface area contributed by atoms with Crippen molar-refractivity contribution in [2.24, 2.45) is 5.92 Å². The zero-order valence-electron chi connectivity index (χ0n) is 12.5. The number of amides is 1. The quantitative estimate of drug-likeness (QED) is 0.745. The van der Waals surface area contributed by atoms with Crippen LogP contribution in [0.15, 0.2) is 22.7 Å². The lowest BCUT2D eigenvalue weighted by Crippen LogP contribution is -2.26. The maximum Gasteiger partial charge on any atom is 0.303 e. The fourth-order valence-electron chi connectivity index (χ4n) is 2.18. The van der Waals surface area contributed by atoms with Crippen molar-refractivity contribution < 1.29 is 14.7 Å². The third-order valence-electron chi connectivity index (χ3n) is 3.55. The van der Waals surface area contributed by atoms with E-state index in [1.165, 1.54) is 0 Å². The Bertz CT molecular complexity index is 502. The predicted octanol–water partition coefficient (Wildman–Crippen LogP) is 3.77. The van der Waals surface area contributed by atoms with Crippen molar-refractivity contribution in [2.45, 2.75) is 39.5 Å². The summed E-state index contributed by atoms with van der Waals surface area (Å²) < 4.78 is 0.781. The molecule has 116 valence electrons. The topological polar surface area (TPSA) is 66.4 Å². The van der Waals surface area contributed by atoms with Gasteiger partial charge in [-0.3, -0.25) is 9.59 Å². The molecule has 0 aliphatic carbocycles. The van der Waals surface area contributed by atoms with Gasteiger partial charge in [0.2, 0.25) is 0 Å². The Labute approximate surface area is 134 Å². The van der Waals surface area contributed by atoms with Gasteiger partial charge in [-0.05, 0) is 53.7 Å². The van der Waals surface area contributed by atoms with Crippen LogP contribution in [0, 0.1) is 12.8 Å². The SMILES string of the molecule is CCC(CCNC(=O)c1cc(C)ccc1Br)CCC(=O)O. The summed E-state index contributed by atoms with van der Waals surface area (Å²) in [7, 11) is 0. The van der Waals surface area contributed by atoms with E-state index in [1.54, 1.807) is 0 Å². The molecule has 0 aliphatic rings. The lowest BCUT2D eigenvalue weighted by atomic mass is 9.96. The number of aliphatic carboxylic acids is 1. The van der Waals surface area contributed by atoms with Crippen molar-refractivity contribution >= 4 is 27.8 Å². The van der Waals surface area contributed by atoms with E-state index in [9.17, 15) is 9.59 Å². The lowest BCUT2D eigenvalue weighted by molar-refractivity contribution is -0.137. The molecule has 1 aromatic rings. The van der Waals surface area contributed by atoms with Crippen molar-refractivity contribution in [3.63, 3.8) is 0 Å². The lowest BCUT2D eigenvalue weighted by Gasteiger charge is -2.14. The molecule has 4 nitrogen and oxygen atoms in total. The Kier molecular flexibility index (Phi) is 7.43. The normalized spacial score (nSPS) is 12.0. The number of nitrogens with one attached hydrogen (secondary N) is 1. The zero-order chi connectivity index (χ0) is 15.8. The van der Waals surface area contributed by atoms with Crippen molar-refractivity contribution in [1.82, 2.24) is 5.32 Å². The van der Waals surface area contributed by atoms with E-state index in [0.29, 0.717) is 24.4 Å². The molecule has 0 bridgehead atoms. The van der Waals surface area contributed by atoms with Crippen LogP contribution in [0.4, 0.5) is 0 Å². The maximum atomic E-state index is 12.1. The zero-order valence-corrected chi connectivity index (χ0v) is 14.1. The smallest absolute Gasteiger partial charge is 0.303 e. The van der Waals surface area contributed by atoms with Gasteiger partial charge in [0.25, 0.3) is 5.91 Å². The van der Waals surface area contributed by atoms with Crippen molar-refractivity contribution in [1.29, 1.82) is 0 Å². The van der Waals surface area contributed by atoms with Crippen molar-refractivity contribution in [3.8, 4) is 0 Å². The Balaban J connectivity index is 2.45. The number of carboxylic acid groups (broad SMARTS) is 1. The van der Waals surface area contributed by atoms with E-state index in [0.717, 1.165) is 22.9 Å². The largest absolute Gasteiger partial charge is 0.481 e. The van der Waals surface area contributed by atoms with E-state index in [1.807, 2.05) is 32.0 Å². The van der Waals surface area contributed by atoms with E-state index in [-0.39, 0.29) is 12.3 Å². The first-order valence-electron chi connectivity index (χ1n) is 7.20. The highest BCUT2D eigenvalue weighted by Crippen LogP contribution is 2.18. The van der Waals surface area contributed by atoms with Crippen LogP contribution in [0.1, 0.15) is 48.5 Å². The molecule has 0 saturated heterocycles. The summed E-state index contributed by atoms with van der Waals surface area (Å²) in [5.41, 5.74) is 1.67. The van der Waals surface area contributed by atoms with Crippen LogP contribution >= 0.6 is 15.9 Å². The van der Waals surface area contributed by atoms with Crippen LogP contribution in [0.2, 0.25) is 0 Å².